The van der Waals surface area contributed by atoms with Crippen LogP contribution in [-0.2, 0) is 22.1 Å². The maximum Gasteiger partial charge on any atom is 0.123 e. The Balaban J connectivity index is 1.97. The summed E-state index contributed by atoms with van der Waals surface area (Å²) in [6.45, 7) is 19.8. The second-order valence-corrected chi connectivity index (χ2v) is 9.52. The van der Waals surface area contributed by atoms with Gasteiger partial charge in [-0.15, -0.1) is 0 Å². The Labute approximate surface area is 159 Å². The molecule has 4 nitrogen and oxygen atoms in total. The molecule has 0 aromatic heterocycles. The first kappa shape index (κ1) is 21.2. The van der Waals surface area contributed by atoms with Gasteiger partial charge in [0, 0.05) is 19.6 Å². The highest BCUT2D eigenvalue weighted by molar-refractivity contribution is 5.49. The minimum absolute atomic E-state index is 0.0730. The van der Waals surface area contributed by atoms with Crippen LogP contribution in [0.15, 0.2) is 12.1 Å². The zero-order chi connectivity index (χ0) is 19.4. The maximum absolute atomic E-state index is 10.8. The molecule has 1 saturated heterocycles. The largest absolute Gasteiger partial charge is 0.507 e. The lowest BCUT2D eigenvalue weighted by atomic mass is 9.78. The highest BCUT2D eigenvalue weighted by Gasteiger charge is 2.26. The van der Waals surface area contributed by atoms with Crippen LogP contribution < -0.4 is 5.32 Å². The summed E-state index contributed by atoms with van der Waals surface area (Å²) in [6, 6.07) is 4.33. The minimum Gasteiger partial charge on any atom is -0.507 e. The molecule has 1 aliphatic rings. The van der Waals surface area contributed by atoms with Crippen molar-refractivity contribution in [3.63, 3.8) is 0 Å². The van der Waals surface area contributed by atoms with Gasteiger partial charge in [-0.1, -0.05) is 53.7 Å². The zero-order valence-corrected chi connectivity index (χ0v) is 17.6. The summed E-state index contributed by atoms with van der Waals surface area (Å²) < 4.78 is 5.39. The number of hydrogen-bond donors (Lipinski definition) is 2. The third-order valence-electron chi connectivity index (χ3n) is 5.05. The summed E-state index contributed by atoms with van der Waals surface area (Å²) in [5.74, 6) is 0.459. The number of aromatic hydroxyl groups is 1. The second-order valence-electron chi connectivity index (χ2n) is 9.52. The lowest BCUT2D eigenvalue weighted by Gasteiger charge is -2.28. The monoisotopic (exact) mass is 362 g/mol. The van der Waals surface area contributed by atoms with Crippen LogP contribution in [0.25, 0.3) is 0 Å². The van der Waals surface area contributed by atoms with E-state index in [1.54, 1.807) is 0 Å². The van der Waals surface area contributed by atoms with Gasteiger partial charge in [0.05, 0.1) is 13.2 Å². The van der Waals surface area contributed by atoms with E-state index in [1.807, 2.05) is 0 Å². The van der Waals surface area contributed by atoms with Crippen LogP contribution in [0, 0.1) is 0 Å². The van der Waals surface area contributed by atoms with Crippen molar-refractivity contribution in [2.75, 3.05) is 39.4 Å². The van der Waals surface area contributed by atoms with Crippen molar-refractivity contribution in [3.05, 3.63) is 28.8 Å². The van der Waals surface area contributed by atoms with Gasteiger partial charge in [0.15, 0.2) is 0 Å². The first-order valence-corrected chi connectivity index (χ1v) is 9.97. The Bertz CT molecular complexity index is 544. The topological polar surface area (TPSA) is 44.7 Å². The number of phenolic OH excluding ortho intramolecular Hbond substituents is 1. The summed E-state index contributed by atoms with van der Waals surface area (Å²) >= 11 is 0. The molecule has 1 fully saturated rings. The molecule has 0 bridgehead atoms. The smallest absolute Gasteiger partial charge is 0.123 e. The molecule has 0 atom stereocenters. The molecular weight excluding hydrogens is 324 g/mol. The van der Waals surface area contributed by atoms with E-state index in [2.05, 4.69) is 63.9 Å². The predicted octanol–water partition coefficient (Wildman–Crippen LogP) is 3.80. The fraction of sp³-hybridized carbons (Fsp3) is 0.727. The summed E-state index contributed by atoms with van der Waals surface area (Å²) in [4.78, 5) is 2.47. The quantitative estimate of drug-likeness (QED) is 0.756. The van der Waals surface area contributed by atoms with Crippen molar-refractivity contribution in [2.24, 2.45) is 0 Å². The number of rotatable bonds is 6. The Kier molecular flexibility index (Phi) is 7.12. The van der Waals surface area contributed by atoms with E-state index in [0.29, 0.717) is 5.75 Å². The summed E-state index contributed by atoms with van der Waals surface area (Å²) in [5, 5.41) is 14.4. The van der Waals surface area contributed by atoms with Crippen molar-refractivity contribution >= 4 is 0 Å². The van der Waals surface area contributed by atoms with Crippen LogP contribution in [0.2, 0.25) is 0 Å². The second kappa shape index (κ2) is 8.73. The molecule has 0 unspecified atom stereocenters. The molecule has 0 radical (unpaired) electrons. The normalized spacial score (nSPS) is 16.8. The third kappa shape index (κ3) is 5.97. The third-order valence-corrected chi connectivity index (χ3v) is 5.05. The number of hydrogen-bond acceptors (Lipinski definition) is 4. The molecule has 0 saturated carbocycles. The molecular formula is C22H38N2O2. The SMILES string of the molecule is CC(C)(C)c1cc(CNCCCN2CCOCC2)cc(C(C)(C)C)c1O. The van der Waals surface area contributed by atoms with Crippen molar-refractivity contribution in [1.82, 2.24) is 10.2 Å². The number of nitrogens with one attached hydrogen (secondary N) is 1. The Hall–Kier alpha value is -1.10. The predicted molar refractivity (Wildman–Crippen MR) is 109 cm³/mol. The van der Waals surface area contributed by atoms with Crippen LogP contribution in [0.1, 0.15) is 64.7 Å². The molecule has 0 amide bonds. The number of benzene rings is 1. The lowest BCUT2D eigenvalue weighted by Crippen LogP contribution is -2.37. The van der Waals surface area contributed by atoms with Crippen molar-refractivity contribution in [3.8, 4) is 5.75 Å². The van der Waals surface area contributed by atoms with E-state index in [1.165, 1.54) is 5.56 Å². The molecule has 4 heteroatoms. The van der Waals surface area contributed by atoms with Crippen molar-refractivity contribution in [1.29, 1.82) is 0 Å². The fourth-order valence-corrected chi connectivity index (χ4v) is 3.42. The van der Waals surface area contributed by atoms with Crippen LogP contribution in [-0.4, -0.2) is 49.4 Å². The first-order valence-electron chi connectivity index (χ1n) is 9.97. The average molecular weight is 363 g/mol. The zero-order valence-electron chi connectivity index (χ0n) is 17.6. The van der Waals surface area contributed by atoms with Gasteiger partial charge in [0.2, 0.25) is 0 Å². The summed E-state index contributed by atoms with van der Waals surface area (Å²) in [6.07, 6.45) is 1.15. The molecule has 1 aliphatic heterocycles. The van der Waals surface area contributed by atoms with E-state index < -0.39 is 0 Å². The molecule has 148 valence electrons. The minimum atomic E-state index is -0.0730. The van der Waals surface area contributed by atoms with Gasteiger partial charge < -0.3 is 15.2 Å². The van der Waals surface area contributed by atoms with Gasteiger partial charge in [0.25, 0.3) is 0 Å². The lowest BCUT2D eigenvalue weighted by molar-refractivity contribution is 0.0374. The molecule has 1 heterocycles. The average Bonchev–Trinajstić information content (AvgIpc) is 2.54. The van der Waals surface area contributed by atoms with Crippen molar-refractivity contribution < 1.29 is 9.84 Å². The van der Waals surface area contributed by atoms with E-state index in [4.69, 9.17) is 4.74 Å². The van der Waals surface area contributed by atoms with E-state index >= 15 is 0 Å². The molecule has 0 aliphatic carbocycles. The van der Waals surface area contributed by atoms with Gasteiger partial charge in [-0.3, -0.25) is 4.90 Å². The summed E-state index contributed by atoms with van der Waals surface area (Å²) in [5.41, 5.74) is 3.18. The van der Waals surface area contributed by atoms with Crippen LogP contribution in [0.5, 0.6) is 5.75 Å². The maximum atomic E-state index is 10.8. The Morgan fingerprint density at radius 1 is 1.00 bits per heavy atom. The molecule has 1 aromatic carbocycles. The molecule has 2 rings (SSSR count). The molecule has 0 spiro atoms. The van der Waals surface area contributed by atoms with Gasteiger partial charge in [-0.2, -0.15) is 0 Å². The summed E-state index contributed by atoms with van der Waals surface area (Å²) in [7, 11) is 0. The van der Waals surface area contributed by atoms with Gasteiger partial charge in [-0.25, -0.2) is 0 Å². The van der Waals surface area contributed by atoms with Gasteiger partial charge in [0.1, 0.15) is 5.75 Å². The van der Waals surface area contributed by atoms with E-state index in [-0.39, 0.29) is 10.8 Å². The van der Waals surface area contributed by atoms with E-state index in [0.717, 1.165) is 63.5 Å². The molecule has 26 heavy (non-hydrogen) atoms. The van der Waals surface area contributed by atoms with Gasteiger partial charge in [-0.05, 0) is 47.0 Å². The Morgan fingerprint density at radius 3 is 2.04 bits per heavy atom. The highest BCUT2D eigenvalue weighted by atomic mass is 16.5. The molecule has 2 N–H and O–H groups in total. The number of nitrogens with zero attached hydrogens (tertiary/aromatic N) is 1. The highest BCUT2D eigenvalue weighted by Crippen LogP contribution is 2.39. The fourth-order valence-electron chi connectivity index (χ4n) is 3.42. The van der Waals surface area contributed by atoms with Crippen LogP contribution in [0.3, 0.4) is 0 Å². The van der Waals surface area contributed by atoms with Crippen molar-refractivity contribution in [2.45, 2.75) is 65.3 Å². The van der Waals surface area contributed by atoms with Crippen LogP contribution in [0.4, 0.5) is 0 Å². The molecule has 1 aromatic rings. The Morgan fingerprint density at radius 2 is 1.54 bits per heavy atom. The number of ether oxygens (including phenoxy) is 1. The number of morpholine rings is 1. The standard InChI is InChI=1S/C22H38N2O2/c1-21(2,3)18-14-17(15-19(20(18)25)22(4,5)6)16-23-8-7-9-24-10-12-26-13-11-24/h14-15,23,25H,7-13,16H2,1-6H3. The number of phenols is 1. The van der Waals surface area contributed by atoms with Gasteiger partial charge >= 0.3 is 0 Å². The van der Waals surface area contributed by atoms with Crippen LogP contribution >= 0.6 is 0 Å². The first-order chi connectivity index (χ1) is 12.1. The van der Waals surface area contributed by atoms with E-state index in [9.17, 15) is 5.11 Å².